The van der Waals surface area contributed by atoms with E-state index in [0.717, 1.165) is 6.54 Å². The van der Waals surface area contributed by atoms with E-state index in [2.05, 4.69) is 20.7 Å². The van der Waals surface area contributed by atoms with Crippen LogP contribution in [0, 0.1) is 5.41 Å². The predicted molar refractivity (Wildman–Crippen MR) is 87.6 cm³/mol. The third-order valence-corrected chi connectivity index (χ3v) is 5.35. The lowest BCUT2D eigenvalue weighted by atomic mass is 9.93. The van der Waals surface area contributed by atoms with Gasteiger partial charge in [-0.05, 0) is 53.1 Å². The van der Waals surface area contributed by atoms with Crippen molar-refractivity contribution in [3.8, 4) is 0 Å². The highest BCUT2D eigenvalue weighted by molar-refractivity contribution is 9.10. The van der Waals surface area contributed by atoms with Crippen molar-refractivity contribution in [1.29, 1.82) is 0 Å². The molecule has 1 rings (SSSR count). The monoisotopic (exact) mass is 378 g/mol. The van der Waals surface area contributed by atoms with Gasteiger partial charge in [-0.1, -0.05) is 19.9 Å². The van der Waals surface area contributed by atoms with Gasteiger partial charge in [-0.25, -0.2) is 13.1 Å². The summed E-state index contributed by atoms with van der Waals surface area (Å²) < 4.78 is 28.0. The quantitative estimate of drug-likeness (QED) is 0.758. The molecule has 0 radical (unpaired) electrons. The lowest BCUT2D eigenvalue weighted by molar-refractivity contribution is 0.242. The molecule has 0 atom stereocenters. The maximum atomic E-state index is 12.4. The number of benzene rings is 1. The third kappa shape index (κ3) is 5.67. The Morgan fingerprint density at radius 3 is 2.48 bits per heavy atom. The van der Waals surface area contributed by atoms with Crippen LogP contribution < -0.4 is 4.72 Å². The van der Waals surface area contributed by atoms with E-state index in [0.29, 0.717) is 16.6 Å². The highest BCUT2D eigenvalue weighted by Gasteiger charge is 2.24. The number of aliphatic hydroxyl groups excluding tert-OH is 1. The average molecular weight is 379 g/mol. The fourth-order valence-corrected chi connectivity index (χ4v) is 4.39. The topological polar surface area (TPSA) is 69.6 Å². The summed E-state index contributed by atoms with van der Waals surface area (Å²) in [6.45, 7) is 4.93. The molecule has 0 saturated carbocycles. The van der Waals surface area contributed by atoms with Crippen molar-refractivity contribution in [2.45, 2.75) is 25.3 Å². The Labute approximate surface area is 135 Å². The lowest BCUT2D eigenvalue weighted by Crippen LogP contribution is -2.40. The molecule has 0 aliphatic rings. The van der Waals surface area contributed by atoms with E-state index < -0.39 is 10.0 Å². The van der Waals surface area contributed by atoms with E-state index in [1.165, 1.54) is 6.07 Å². The predicted octanol–water partition coefficient (Wildman–Crippen LogP) is 1.81. The van der Waals surface area contributed by atoms with Gasteiger partial charge in [0.1, 0.15) is 0 Å². The molecule has 2 N–H and O–H groups in total. The van der Waals surface area contributed by atoms with Gasteiger partial charge in [0.05, 0.1) is 11.5 Å². The molecular formula is C14H23BrN2O3S. The zero-order valence-electron chi connectivity index (χ0n) is 12.9. The molecule has 0 aliphatic carbocycles. The fourth-order valence-electron chi connectivity index (χ4n) is 2.13. The highest BCUT2D eigenvalue weighted by Crippen LogP contribution is 2.24. The van der Waals surface area contributed by atoms with Crippen molar-refractivity contribution in [1.82, 2.24) is 9.62 Å². The summed E-state index contributed by atoms with van der Waals surface area (Å²) in [6.07, 6.45) is 0. The van der Waals surface area contributed by atoms with Gasteiger partial charge >= 0.3 is 0 Å². The minimum atomic E-state index is -3.62. The number of nitrogens with zero attached hydrogens (tertiary/aromatic N) is 1. The number of hydrogen-bond acceptors (Lipinski definition) is 4. The maximum absolute atomic E-state index is 12.4. The van der Waals surface area contributed by atoms with Crippen LogP contribution in [0.2, 0.25) is 0 Å². The van der Waals surface area contributed by atoms with Gasteiger partial charge in [0.15, 0.2) is 0 Å². The largest absolute Gasteiger partial charge is 0.392 e. The first-order valence-corrected chi connectivity index (χ1v) is 8.89. The minimum Gasteiger partial charge on any atom is -0.392 e. The van der Waals surface area contributed by atoms with Crippen LogP contribution in [0.15, 0.2) is 27.6 Å². The summed E-state index contributed by atoms with van der Waals surface area (Å²) in [5.74, 6) is 0. The van der Waals surface area contributed by atoms with Crippen molar-refractivity contribution in [3.63, 3.8) is 0 Å². The first-order valence-electron chi connectivity index (χ1n) is 6.61. The smallest absolute Gasteiger partial charge is 0.241 e. The number of aliphatic hydroxyl groups is 1. The molecule has 0 spiro atoms. The van der Waals surface area contributed by atoms with Crippen molar-refractivity contribution in [3.05, 3.63) is 28.2 Å². The second-order valence-corrected chi connectivity index (χ2v) is 8.74. The van der Waals surface area contributed by atoms with Gasteiger partial charge < -0.3 is 10.0 Å². The first kappa shape index (κ1) is 18.6. The van der Waals surface area contributed by atoms with Gasteiger partial charge in [0, 0.05) is 17.6 Å². The zero-order valence-corrected chi connectivity index (χ0v) is 15.3. The van der Waals surface area contributed by atoms with Crippen molar-refractivity contribution >= 4 is 26.0 Å². The van der Waals surface area contributed by atoms with Crippen molar-refractivity contribution < 1.29 is 13.5 Å². The molecule has 7 heteroatoms. The first-order chi connectivity index (χ1) is 9.57. The molecule has 1 aromatic carbocycles. The van der Waals surface area contributed by atoms with Crippen LogP contribution in [-0.2, 0) is 16.6 Å². The van der Waals surface area contributed by atoms with Crippen LogP contribution in [0.5, 0.6) is 0 Å². The van der Waals surface area contributed by atoms with Gasteiger partial charge in [-0.15, -0.1) is 0 Å². The number of halogens is 1. The highest BCUT2D eigenvalue weighted by atomic mass is 79.9. The summed E-state index contributed by atoms with van der Waals surface area (Å²) in [4.78, 5) is 2.17. The Morgan fingerprint density at radius 2 is 1.95 bits per heavy atom. The Hall–Kier alpha value is -0.470. The van der Waals surface area contributed by atoms with Crippen LogP contribution in [-0.4, -0.2) is 45.6 Å². The second-order valence-electron chi connectivity index (χ2n) is 6.15. The van der Waals surface area contributed by atoms with Crippen molar-refractivity contribution in [2.75, 3.05) is 27.2 Å². The Kier molecular flexibility index (Phi) is 6.36. The Balaban J connectivity index is 2.92. The molecule has 120 valence electrons. The number of hydrogen-bond donors (Lipinski definition) is 2. The fraction of sp³-hybridized carbons (Fsp3) is 0.571. The molecule has 0 bridgehead atoms. The van der Waals surface area contributed by atoms with Crippen LogP contribution in [0.3, 0.4) is 0 Å². The van der Waals surface area contributed by atoms with Crippen LogP contribution >= 0.6 is 15.9 Å². The molecule has 0 aromatic heterocycles. The molecule has 0 fully saturated rings. The second kappa shape index (κ2) is 7.19. The molecule has 0 heterocycles. The summed E-state index contributed by atoms with van der Waals surface area (Å²) in [6, 6.07) is 4.79. The minimum absolute atomic E-state index is 0.148. The van der Waals surface area contributed by atoms with Crippen LogP contribution in [0.1, 0.15) is 19.4 Å². The maximum Gasteiger partial charge on any atom is 0.241 e. The van der Waals surface area contributed by atoms with Crippen molar-refractivity contribution in [2.24, 2.45) is 5.41 Å². The van der Waals surface area contributed by atoms with Gasteiger partial charge in [-0.2, -0.15) is 0 Å². The SMILES string of the molecule is CN(C)CC(C)(C)CNS(=O)(=O)c1cc(CO)ccc1Br. The molecule has 5 nitrogen and oxygen atoms in total. The average Bonchev–Trinajstić information content (AvgIpc) is 2.36. The van der Waals surface area contributed by atoms with E-state index in [-0.39, 0.29) is 16.9 Å². The van der Waals surface area contributed by atoms with Crippen LogP contribution in [0.4, 0.5) is 0 Å². The Bertz CT molecular complexity index is 586. The van der Waals surface area contributed by atoms with E-state index in [9.17, 15) is 8.42 Å². The van der Waals surface area contributed by atoms with Gasteiger partial charge in [0.2, 0.25) is 10.0 Å². The number of rotatable bonds is 7. The molecule has 0 amide bonds. The third-order valence-electron chi connectivity index (χ3n) is 2.95. The summed E-state index contributed by atoms with van der Waals surface area (Å²) in [5.41, 5.74) is 0.378. The molecule has 1 aromatic rings. The molecular weight excluding hydrogens is 356 g/mol. The number of nitrogens with one attached hydrogen (secondary N) is 1. The standard InChI is InChI=1S/C14H23BrN2O3S/c1-14(2,10-17(3)4)9-16-21(19,20)13-7-11(8-18)5-6-12(13)15/h5-7,16,18H,8-10H2,1-4H3. The number of sulfonamides is 1. The van der Waals surface area contributed by atoms with Crippen LogP contribution in [0.25, 0.3) is 0 Å². The normalized spacial score (nSPS) is 12.9. The Morgan fingerprint density at radius 1 is 1.33 bits per heavy atom. The summed E-state index contributed by atoms with van der Waals surface area (Å²) in [5, 5.41) is 9.14. The summed E-state index contributed by atoms with van der Waals surface area (Å²) in [7, 11) is 0.293. The van der Waals surface area contributed by atoms with E-state index >= 15 is 0 Å². The molecule has 21 heavy (non-hydrogen) atoms. The molecule has 0 aliphatic heterocycles. The van der Waals surface area contributed by atoms with E-state index in [1.54, 1.807) is 12.1 Å². The van der Waals surface area contributed by atoms with E-state index in [4.69, 9.17) is 5.11 Å². The van der Waals surface area contributed by atoms with E-state index in [1.807, 2.05) is 32.8 Å². The van der Waals surface area contributed by atoms with Gasteiger partial charge in [-0.3, -0.25) is 0 Å². The summed E-state index contributed by atoms with van der Waals surface area (Å²) >= 11 is 3.25. The molecule has 0 unspecified atom stereocenters. The lowest BCUT2D eigenvalue weighted by Gasteiger charge is -2.28. The molecule has 0 saturated heterocycles. The zero-order chi connectivity index (χ0) is 16.3. The van der Waals surface area contributed by atoms with Gasteiger partial charge in [0.25, 0.3) is 0 Å².